The minimum atomic E-state index is -0.385. The fourth-order valence-electron chi connectivity index (χ4n) is 5.07. The van der Waals surface area contributed by atoms with E-state index in [4.69, 9.17) is 4.74 Å². The quantitative estimate of drug-likeness (QED) is 0.798. The zero-order valence-corrected chi connectivity index (χ0v) is 14.0. The SMILES string of the molecule is CN1[C@H]2CC[C@H]1CC(OC(=O)C1(c3ccccc3)CCCC1)C2. The smallest absolute Gasteiger partial charge is 0.316 e. The van der Waals surface area contributed by atoms with Crippen molar-refractivity contribution in [2.75, 3.05) is 7.05 Å². The van der Waals surface area contributed by atoms with Gasteiger partial charge < -0.3 is 9.64 Å². The molecule has 124 valence electrons. The van der Waals surface area contributed by atoms with Crippen molar-refractivity contribution in [2.45, 2.75) is 75.0 Å². The normalized spacial score (nSPS) is 32.8. The van der Waals surface area contributed by atoms with Gasteiger partial charge in [0.25, 0.3) is 0 Å². The fraction of sp³-hybridized carbons (Fsp3) is 0.650. The molecule has 2 heterocycles. The Balaban J connectivity index is 1.51. The van der Waals surface area contributed by atoms with E-state index < -0.39 is 0 Å². The highest BCUT2D eigenvalue weighted by Crippen LogP contribution is 2.43. The zero-order chi connectivity index (χ0) is 15.9. The van der Waals surface area contributed by atoms with Crippen molar-refractivity contribution < 1.29 is 9.53 Å². The summed E-state index contributed by atoms with van der Waals surface area (Å²) in [6.45, 7) is 0. The minimum absolute atomic E-state index is 0.0372. The predicted molar refractivity (Wildman–Crippen MR) is 90.3 cm³/mol. The molecule has 3 fully saturated rings. The number of carbonyl (C=O) groups excluding carboxylic acids is 1. The Labute approximate surface area is 139 Å². The number of hydrogen-bond donors (Lipinski definition) is 0. The third kappa shape index (κ3) is 2.59. The van der Waals surface area contributed by atoms with Gasteiger partial charge in [0.1, 0.15) is 6.10 Å². The first-order valence-corrected chi connectivity index (χ1v) is 9.17. The summed E-state index contributed by atoms with van der Waals surface area (Å²) in [6.07, 6.45) is 8.82. The standard InChI is InChI=1S/C20H27NO2/c1-21-16-9-10-17(21)14-18(13-16)23-19(22)20(11-5-6-12-20)15-7-3-2-4-8-15/h2-4,7-8,16-18H,5-6,9-14H2,1H3/t16-,17-/m0/s1. The van der Waals surface area contributed by atoms with Crippen LogP contribution in [0.25, 0.3) is 0 Å². The van der Waals surface area contributed by atoms with Crippen molar-refractivity contribution in [2.24, 2.45) is 0 Å². The van der Waals surface area contributed by atoms with E-state index in [2.05, 4.69) is 24.1 Å². The van der Waals surface area contributed by atoms with E-state index in [1.54, 1.807) is 0 Å². The van der Waals surface area contributed by atoms with Crippen LogP contribution in [-0.2, 0) is 14.9 Å². The largest absolute Gasteiger partial charge is 0.462 e. The Morgan fingerprint density at radius 2 is 1.70 bits per heavy atom. The molecule has 2 aliphatic heterocycles. The molecule has 0 radical (unpaired) electrons. The molecule has 1 aromatic rings. The predicted octanol–water partition coefficient (Wildman–Crippen LogP) is 3.67. The van der Waals surface area contributed by atoms with E-state index in [1.165, 1.54) is 12.8 Å². The molecule has 2 bridgehead atoms. The van der Waals surface area contributed by atoms with E-state index in [-0.39, 0.29) is 17.5 Å². The highest BCUT2D eigenvalue weighted by molar-refractivity contribution is 5.83. The molecule has 1 aliphatic carbocycles. The van der Waals surface area contributed by atoms with E-state index in [0.29, 0.717) is 12.1 Å². The first-order valence-electron chi connectivity index (χ1n) is 9.17. The third-order valence-corrected chi connectivity index (χ3v) is 6.50. The monoisotopic (exact) mass is 313 g/mol. The van der Waals surface area contributed by atoms with Gasteiger partial charge in [-0.3, -0.25) is 4.79 Å². The second-order valence-corrected chi connectivity index (χ2v) is 7.70. The number of fused-ring (bicyclic) bond motifs is 2. The third-order valence-electron chi connectivity index (χ3n) is 6.50. The van der Waals surface area contributed by atoms with Gasteiger partial charge in [-0.2, -0.15) is 0 Å². The highest BCUT2D eigenvalue weighted by atomic mass is 16.5. The van der Waals surface area contributed by atoms with E-state index in [9.17, 15) is 4.79 Å². The maximum atomic E-state index is 13.1. The molecule has 0 aromatic heterocycles. The Morgan fingerprint density at radius 1 is 1.09 bits per heavy atom. The summed E-state index contributed by atoms with van der Waals surface area (Å²) in [5.41, 5.74) is 0.766. The van der Waals surface area contributed by atoms with Crippen LogP contribution >= 0.6 is 0 Å². The number of esters is 1. The number of ether oxygens (including phenoxy) is 1. The molecule has 3 nitrogen and oxygen atoms in total. The first kappa shape index (κ1) is 15.2. The van der Waals surface area contributed by atoms with Gasteiger partial charge in [0.05, 0.1) is 5.41 Å². The van der Waals surface area contributed by atoms with Gasteiger partial charge in [0.2, 0.25) is 0 Å². The van der Waals surface area contributed by atoms with Crippen LogP contribution in [0, 0.1) is 0 Å². The molecule has 3 heteroatoms. The van der Waals surface area contributed by atoms with Gasteiger partial charge in [0, 0.05) is 12.1 Å². The van der Waals surface area contributed by atoms with Crippen molar-refractivity contribution >= 4 is 5.97 Å². The van der Waals surface area contributed by atoms with Crippen LogP contribution in [0.15, 0.2) is 30.3 Å². The maximum absolute atomic E-state index is 13.1. The number of rotatable bonds is 3. The molecule has 1 aromatic carbocycles. The zero-order valence-electron chi connectivity index (χ0n) is 14.0. The maximum Gasteiger partial charge on any atom is 0.316 e. The van der Waals surface area contributed by atoms with E-state index in [1.807, 2.05) is 18.2 Å². The number of benzene rings is 1. The van der Waals surface area contributed by atoms with E-state index >= 15 is 0 Å². The second kappa shape index (κ2) is 5.94. The van der Waals surface area contributed by atoms with Gasteiger partial charge in [-0.15, -0.1) is 0 Å². The molecule has 23 heavy (non-hydrogen) atoms. The Kier molecular flexibility index (Phi) is 3.92. The van der Waals surface area contributed by atoms with Crippen molar-refractivity contribution in [3.63, 3.8) is 0 Å². The van der Waals surface area contributed by atoms with Crippen LogP contribution in [0.5, 0.6) is 0 Å². The van der Waals surface area contributed by atoms with E-state index in [0.717, 1.165) is 44.1 Å². The summed E-state index contributed by atoms with van der Waals surface area (Å²) in [4.78, 5) is 15.6. The average molecular weight is 313 g/mol. The van der Waals surface area contributed by atoms with Crippen molar-refractivity contribution in [3.8, 4) is 0 Å². The Hall–Kier alpha value is -1.35. The summed E-state index contributed by atoms with van der Waals surface area (Å²) in [5, 5.41) is 0. The lowest BCUT2D eigenvalue weighted by molar-refractivity contribution is -0.159. The number of carbonyl (C=O) groups is 1. The molecular formula is C20H27NO2. The summed E-state index contributed by atoms with van der Waals surface area (Å²) < 4.78 is 6.10. The summed E-state index contributed by atoms with van der Waals surface area (Å²) >= 11 is 0. The summed E-state index contributed by atoms with van der Waals surface area (Å²) in [7, 11) is 2.23. The summed E-state index contributed by atoms with van der Waals surface area (Å²) in [5.74, 6) is 0.0372. The molecule has 2 atom stereocenters. The van der Waals surface area contributed by atoms with Gasteiger partial charge in [-0.05, 0) is 51.1 Å². The van der Waals surface area contributed by atoms with Gasteiger partial charge in [0.15, 0.2) is 0 Å². The van der Waals surface area contributed by atoms with Crippen LogP contribution in [0.1, 0.15) is 56.9 Å². The van der Waals surface area contributed by atoms with Crippen LogP contribution in [0.3, 0.4) is 0 Å². The fourth-order valence-corrected chi connectivity index (χ4v) is 5.07. The first-order chi connectivity index (χ1) is 11.2. The van der Waals surface area contributed by atoms with Crippen molar-refractivity contribution in [1.29, 1.82) is 0 Å². The van der Waals surface area contributed by atoms with Gasteiger partial charge in [-0.25, -0.2) is 0 Å². The topological polar surface area (TPSA) is 29.5 Å². The van der Waals surface area contributed by atoms with Crippen LogP contribution in [0.2, 0.25) is 0 Å². The molecular weight excluding hydrogens is 286 g/mol. The van der Waals surface area contributed by atoms with Crippen molar-refractivity contribution in [1.82, 2.24) is 4.90 Å². The Morgan fingerprint density at radius 3 is 2.30 bits per heavy atom. The highest BCUT2D eigenvalue weighted by Gasteiger charge is 2.46. The number of nitrogens with zero attached hydrogens (tertiary/aromatic N) is 1. The van der Waals surface area contributed by atoms with Crippen LogP contribution in [0.4, 0.5) is 0 Å². The molecule has 3 aliphatic rings. The van der Waals surface area contributed by atoms with Crippen LogP contribution < -0.4 is 0 Å². The molecule has 1 saturated carbocycles. The molecule has 2 saturated heterocycles. The average Bonchev–Trinajstić information content (AvgIpc) is 3.13. The molecule has 0 unspecified atom stereocenters. The lowest BCUT2D eigenvalue weighted by Gasteiger charge is -2.37. The number of hydrogen-bond acceptors (Lipinski definition) is 3. The van der Waals surface area contributed by atoms with Crippen molar-refractivity contribution in [3.05, 3.63) is 35.9 Å². The molecule has 0 amide bonds. The minimum Gasteiger partial charge on any atom is -0.462 e. The van der Waals surface area contributed by atoms with Gasteiger partial charge in [-0.1, -0.05) is 43.2 Å². The number of piperidine rings is 1. The summed E-state index contributed by atoms with van der Waals surface area (Å²) in [6, 6.07) is 11.5. The van der Waals surface area contributed by atoms with Gasteiger partial charge >= 0.3 is 5.97 Å². The Bertz CT molecular complexity index is 550. The molecule has 4 rings (SSSR count). The molecule has 0 N–H and O–H groups in total. The second-order valence-electron chi connectivity index (χ2n) is 7.70. The lowest BCUT2D eigenvalue weighted by atomic mass is 9.79. The van der Waals surface area contributed by atoms with Crippen LogP contribution in [-0.4, -0.2) is 36.1 Å². The lowest BCUT2D eigenvalue weighted by Crippen LogP contribution is -2.45. The molecule has 0 spiro atoms.